The minimum atomic E-state index is -0.510. The van der Waals surface area contributed by atoms with Gasteiger partial charge >= 0.3 is 6.09 Å². The predicted octanol–water partition coefficient (Wildman–Crippen LogP) is 4.31. The fourth-order valence-electron chi connectivity index (χ4n) is 4.54. The molecule has 1 aromatic carbocycles. The topological polar surface area (TPSA) is 114 Å². The first-order valence-corrected chi connectivity index (χ1v) is 15.4. The van der Waals surface area contributed by atoms with E-state index in [1.165, 1.54) is 0 Å². The maximum absolute atomic E-state index is 12.6. The molecule has 0 unspecified atom stereocenters. The van der Waals surface area contributed by atoms with Gasteiger partial charge < -0.3 is 34.5 Å². The number of carbonyl (C=O) groups is 2. The minimum Gasteiger partial charge on any atom is -0.444 e. The molecule has 2 amide bonds. The zero-order valence-electron chi connectivity index (χ0n) is 25.0. The van der Waals surface area contributed by atoms with Crippen LogP contribution < -0.4 is 15.6 Å². The summed E-state index contributed by atoms with van der Waals surface area (Å²) >= 11 is 12.1. The van der Waals surface area contributed by atoms with E-state index in [2.05, 4.69) is 20.6 Å². The summed E-state index contributed by atoms with van der Waals surface area (Å²) in [4.78, 5) is 26.5. The van der Waals surface area contributed by atoms with E-state index in [0.29, 0.717) is 87.4 Å². The number of amides is 2. The smallest absolute Gasteiger partial charge is 0.407 e. The number of likely N-dealkylation sites (tertiary alicyclic amines) is 1. The van der Waals surface area contributed by atoms with Gasteiger partial charge in [-0.25, -0.2) is 4.79 Å². The van der Waals surface area contributed by atoms with Crippen LogP contribution in [0.3, 0.4) is 0 Å². The van der Waals surface area contributed by atoms with E-state index in [0.717, 1.165) is 38.2 Å². The maximum atomic E-state index is 12.6. The average Bonchev–Trinajstić information content (AvgIpc) is 3.39. The molecular weight excluding hydrogens is 585 g/mol. The summed E-state index contributed by atoms with van der Waals surface area (Å²) in [6.07, 6.45) is 2.73. The summed E-state index contributed by atoms with van der Waals surface area (Å²) in [6.45, 7) is 12.3. The number of alkyl carbamates (subject to hydrolysis) is 1. The summed E-state index contributed by atoms with van der Waals surface area (Å²) in [7, 11) is 0. The lowest BCUT2D eigenvalue weighted by molar-refractivity contribution is -0.121. The highest BCUT2D eigenvalue weighted by Crippen LogP contribution is 2.28. The molecule has 0 spiro atoms. The zero-order chi connectivity index (χ0) is 30.4. The van der Waals surface area contributed by atoms with Gasteiger partial charge in [0.05, 0.1) is 55.4 Å². The van der Waals surface area contributed by atoms with Gasteiger partial charge in [0.15, 0.2) is 0 Å². The second-order valence-corrected chi connectivity index (χ2v) is 12.1. The standard InChI is InChI=1S/C29H45Cl2N5O6/c1-29(2,3)42-28(38)32-9-14-39-16-18-41-19-17-40-15-13-35-10-6-22(7-11-35)20-27(37)33-26-8-12-36(34-26)23-4-5-24(30)25(31)21-23/h4-5,21-22H,6-20H2,1-3H3,(H,32,38)(H,33,34,37). The maximum Gasteiger partial charge on any atom is 0.407 e. The Morgan fingerprint density at radius 1 is 0.952 bits per heavy atom. The van der Waals surface area contributed by atoms with Crippen molar-refractivity contribution in [2.24, 2.45) is 11.0 Å². The lowest BCUT2D eigenvalue weighted by Crippen LogP contribution is -2.38. The Hall–Kier alpha value is -2.15. The van der Waals surface area contributed by atoms with Crippen molar-refractivity contribution in [3.63, 3.8) is 0 Å². The first-order valence-electron chi connectivity index (χ1n) is 14.6. The van der Waals surface area contributed by atoms with Gasteiger partial charge in [-0.3, -0.25) is 9.80 Å². The molecule has 0 aromatic heterocycles. The van der Waals surface area contributed by atoms with Crippen LogP contribution in [0.15, 0.2) is 23.3 Å². The molecule has 0 radical (unpaired) electrons. The summed E-state index contributed by atoms with van der Waals surface area (Å²) < 4.78 is 21.8. The number of rotatable bonds is 15. The predicted molar refractivity (Wildman–Crippen MR) is 164 cm³/mol. The van der Waals surface area contributed by atoms with Gasteiger partial charge in [0.2, 0.25) is 5.91 Å². The van der Waals surface area contributed by atoms with Gasteiger partial charge in [-0.2, -0.15) is 5.10 Å². The van der Waals surface area contributed by atoms with Gasteiger partial charge in [0.1, 0.15) is 11.4 Å². The molecule has 2 aliphatic rings. The largest absolute Gasteiger partial charge is 0.444 e. The Morgan fingerprint density at radius 2 is 1.62 bits per heavy atom. The number of hydrogen-bond donors (Lipinski definition) is 2. The van der Waals surface area contributed by atoms with Crippen LogP contribution in [-0.4, -0.2) is 101 Å². The lowest BCUT2D eigenvalue weighted by atomic mass is 9.93. The lowest BCUT2D eigenvalue weighted by Gasteiger charge is -2.31. The number of halogens is 2. The van der Waals surface area contributed by atoms with E-state index in [4.69, 9.17) is 42.1 Å². The van der Waals surface area contributed by atoms with Crippen LogP contribution >= 0.6 is 23.2 Å². The van der Waals surface area contributed by atoms with E-state index in [-0.39, 0.29) is 5.91 Å². The molecule has 0 aliphatic carbocycles. The van der Waals surface area contributed by atoms with E-state index in [9.17, 15) is 9.59 Å². The Morgan fingerprint density at radius 3 is 2.29 bits per heavy atom. The van der Waals surface area contributed by atoms with Crippen LogP contribution in [0.1, 0.15) is 46.5 Å². The van der Waals surface area contributed by atoms with Crippen molar-refractivity contribution in [1.82, 2.24) is 15.5 Å². The highest BCUT2D eigenvalue weighted by atomic mass is 35.5. The van der Waals surface area contributed by atoms with Crippen LogP contribution in [0.4, 0.5) is 10.5 Å². The quantitative estimate of drug-likeness (QED) is 0.276. The first kappa shape index (κ1) is 34.3. The third-order valence-electron chi connectivity index (χ3n) is 6.68. The van der Waals surface area contributed by atoms with Crippen molar-refractivity contribution in [2.45, 2.75) is 52.1 Å². The first-order chi connectivity index (χ1) is 20.1. The number of hydrogen-bond acceptors (Lipinski definition) is 9. The van der Waals surface area contributed by atoms with Crippen molar-refractivity contribution >= 4 is 46.7 Å². The molecular formula is C29H45Cl2N5O6. The van der Waals surface area contributed by atoms with Crippen molar-refractivity contribution < 1.29 is 28.5 Å². The number of ether oxygens (including phenoxy) is 4. The van der Waals surface area contributed by atoms with Gasteiger partial charge in [0, 0.05) is 32.5 Å². The van der Waals surface area contributed by atoms with Crippen molar-refractivity contribution in [3.05, 3.63) is 28.2 Å². The summed E-state index contributed by atoms with van der Waals surface area (Å²) in [6, 6.07) is 5.39. The SMILES string of the molecule is CC(C)(C)OC(=O)NCCOCCOCCOCCN1CCC(CC(=O)NC2=NN(c3ccc(Cl)c(Cl)c3)CC2)CC1. The Bertz CT molecular complexity index is 1030. The number of nitrogens with one attached hydrogen (secondary N) is 2. The molecule has 0 bridgehead atoms. The number of anilines is 1. The van der Waals surface area contributed by atoms with E-state index < -0.39 is 11.7 Å². The molecule has 3 rings (SSSR count). The third-order valence-corrected chi connectivity index (χ3v) is 7.42. The Kier molecular flexibility index (Phi) is 14.6. The Balaban J connectivity index is 1.14. The van der Waals surface area contributed by atoms with E-state index in [1.807, 2.05) is 31.8 Å². The number of carbonyl (C=O) groups excluding carboxylic acids is 2. The molecule has 1 saturated heterocycles. The van der Waals surface area contributed by atoms with Crippen molar-refractivity contribution in [2.75, 3.05) is 77.4 Å². The van der Waals surface area contributed by atoms with Crippen LogP contribution in [-0.2, 0) is 23.7 Å². The van der Waals surface area contributed by atoms with Crippen LogP contribution in [0.2, 0.25) is 10.0 Å². The molecule has 2 aliphatic heterocycles. The number of piperidine rings is 1. The summed E-state index contributed by atoms with van der Waals surface area (Å²) in [5.41, 5.74) is 0.342. The van der Waals surface area contributed by atoms with E-state index >= 15 is 0 Å². The van der Waals surface area contributed by atoms with Crippen LogP contribution in [0.5, 0.6) is 0 Å². The molecule has 1 fully saturated rings. The fraction of sp³-hybridized carbons (Fsp3) is 0.690. The zero-order valence-corrected chi connectivity index (χ0v) is 26.5. The number of amidine groups is 1. The third kappa shape index (κ3) is 13.4. The molecule has 42 heavy (non-hydrogen) atoms. The second kappa shape index (κ2) is 17.8. The molecule has 13 heteroatoms. The molecule has 236 valence electrons. The molecule has 2 heterocycles. The molecule has 11 nitrogen and oxygen atoms in total. The average molecular weight is 631 g/mol. The van der Waals surface area contributed by atoms with Crippen LogP contribution in [0, 0.1) is 5.92 Å². The number of nitrogens with zero attached hydrogens (tertiary/aromatic N) is 3. The van der Waals surface area contributed by atoms with E-state index in [1.54, 1.807) is 12.1 Å². The highest BCUT2D eigenvalue weighted by Gasteiger charge is 2.24. The van der Waals surface area contributed by atoms with Crippen LogP contribution in [0.25, 0.3) is 0 Å². The molecule has 0 saturated carbocycles. The normalized spacial score (nSPS) is 16.4. The summed E-state index contributed by atoms with van der Waals surface area (Å²) in [5, 5.41) is 13.0. The van der Waals surface area contributed by atoms with Gasteiger partial charge in [-0.05, 0) is 70.8 Å². The molecule has 1 aromatic rings. The van der Waals surface area contributed by atoms with Crippen molar-refractivity contribution in [3.8, 4) is 0 Å². The minimum absolute atomic E-state index is 0.0226. The van der Waals surface area contributed by atoms with Crippen molar-refractivity contribution in [1.29, 1.82) is 0 Å². The molecule has 0 atom stereocenters. The monoisotopic (exact) mass is 629 g/mol. The molecule has 2 N–H and O–H groups in total. The fourth-order valence-corrected chi connectivity index (χ4v) is 4.83. The number of benzene rings is 1. The van der Waals surface area contributed by atoms with Gasteiger partial charge in [-0.1, -0.05) is 23.2 Å². The van der Waals surface area contributed by atoms with Gasteiger partial charge in [-0.15, -0.1) is 0 Å². The summed E-state index contributed by atoms with van der Waals surface area (Å²) in [5.74, 6) is 1.08. The van der Waals surface area contributed by atoms with Gasteiger partial charge in [0.25, 0.3) is 0 Å². The highest BCUT2D eigenvalue weighted by molar-refractivity contribution is 6.42. The Labute approximate surface area is 259 Å². The second-order valence-electron chi connectivity index (χ2n) is 11.3. The number of hydrazone groups is 1.